The fourth-order valence-electron chi connectivity index (χ4n) is 3.30. The zero-order valence-electron chi connectivity index (χ0n) is 12.3. The number of rotatable bonds is 6. The molecular formula is C14H28NO3P. The van der Waals surface area contributed by atoms with Crippen molar-refractivity contribution in [3.63, 3.8) is 0 Å². The Bertz CT molecular complexity index is 322. The number of hydrogen-bond donors (Lipinski definition) is 0. The fraction of sp³-hybridized carbons (Fsp3) is 1.00. The number of hydrogen-bond acceptors (Lipinski definition) is 4. The summed E-state index contributed by atoms with van der Waals surface area (Å²) in [5, 5.41) is 0. The lowest BCUT2D eigenvalue weighted by Crippen LogP contribution is -2.49. The number of fused-ring (bicyclic) bond motifs is 1. The van der Waals surface area contributed by atoms with Crippen LogP contribution >= 0.6 is 7.60 Å². The van der Waals surface area contributed by atoms with Crippen LogP contribution in [0.25, 0.3) is 0 Å². The molecule has 0 unspecified atom stereocenters. The second-order valence-corrected chi connectivity index (χ2v) is 7.96. The van der Waals surface area contributed by atoms with Crippen LogP contribution in [0.5, 0.6) is 0 Å². The van der Waals surface area contributed by atoms with Gasteiger partial charge in [-0.25, -0.2) is 0 Å². The Balaban J connectivity index is 1.82. The first-order valence-corrected chi connectivity index (χ1v) is 9.72. The zero-order chi connectivity index (χ0) is 13.7. The van der Waals surface area contributed by atoms with Crippen LogP contribution in [0.2, 0.25) is 0 Å². The summed E-state index contributed by atoms with van der Waals surface area (Å²) in [7, 11) is -2.84. The Kier molecular flexibility index (Phi) is 5.88. The van der Waals surface area contributed by atoms with Gasteiger partial charge in [-0.3, -0.25) is 4.57 Å². The van der Waals surface area contributed by atoms with Crippen molar-refractivity contribution in [1.82, 2.24) is 4.90 Å². The highest BCUT2D eigenvalue weighted by Crippen LogP contribution is 2.45. The SMILES string of the molecule is CCCO[P@](C)(=O)OC[C@@H]1CCCN2CCCC[C@@H]12. The van der Waals surface area contributed by atoms with Crippen molar-refractivity contribution in [1.29, 1.82) is 0 Å². The molecular weight excluding hydrogens is 261 g/mol. The van der Waals surface area contributed by atoms with Crippen molar-refractivity contribution >= 4 is 7.60 Å². The van der Waals surface area contributed by atoms with E-state index in [0.717, 1.165) is 6.42 Å². The molecule has 0 saturated carbocycles. The molecule has 2 rings (SSSR count). The average molecular weight is 289 g/mol. The van der Waals surface area contributed by atoms with Gasteiger partial charge in [-0.2, -0.15) is 0 Å². The first kappa shape index (κ1) is 15.5. The second kappa shape index (κ2) is 7.21. The first-order chi connectivity index (χ1) is 9.12. The topological polar surface area (TPSA) is 38.8 Å². The van der Waals surface area contributed by atoms with Gasteiger partial charge in [0, 0.05) is 12.7 Å². The molecule has 2 fully saturated rings. The minimum Gasteiger partial charge on any atom is -0.309 e. The van der Waals surface area contributed by atoms with E-state index in [2.05, 4.69) is 4.90 Å². The van der Waals surface area contributed by atoms with Crippen LogP contribution in [0.1, 0.15) is 45.4 Å². The fourth-order valence-corrected chi connectivity index (χ4v) is 4.35. The van der Waals surface area contributed by atoms with Crippen molar-refractivity contribution in [2.75, 3.05) is 33.0 Å². The predicted molar refractivity (Wildman–Crippen MR) is 77.7 cm³/mol. The van der Waals surface area contributed by atoms with Gasteiger partial charge in [0.05, 0.1) is 13.2 Å². The molecule has 2 aliphatic rings. The quantitative estimate of drug-likeness (QED) is 0.701. The Morgan fingerprint density at radius 2 is 1.95 bits per heavy atom. The van der Waals surface area contributed by atoms with Gasteiger partial charge < -0.3 is 13.9 Å². The molecule has 3 atom stereocenters. The molecule has 0 aliphatic carbocycles. The van der Waals surface area contributed by atoms with E-state index in [0.29, 0.717) is 25.2 Å². The van der Waals surface area contributed by atoms with Crippen LogP contribution < -0.4 is 0 Å². The van der Waals surface area contributed by atoms with Crippen molar-refractivity contribution in [3.05, 3.63) is 0 Å². The normalized spacial score (nSPS) is 31.7. The van der Waals surface area contributed by atoms with Crippen LogP contribution in [0.15, 0.2) is 0 Å². The summed E-state index contributed by atoms with van der Waals surface area (Å²) in [6.07, 6.45) is 7.26. The highest BCUT2D eigenvalue weighted by Gasteiger charge is 2.34. The molecule has 0 aromatic heterocycles. The maximum atomic E-state index is 12.1. The Hall–Kier alpha value is 0.110. The van der Waals surface area contributed by atoms with E-state index >= 15 is 0 Å². The summed E-state index contributed by atoms with van der Waals surface area (Å²) in [4.78, 5) is 2.61. The Morgan fingerprint density at radius 1 is 1.16 bits per heavy atom. The third kappa shape index (κ3) is 4.56. The average Bonchev–Trinajstić information content (AvgIpc) is 2.43. The van der Waals surface area contributed by atoms with Crippen molar-refractivity contribution in [2.45, 2.75) is 51.5 Å². The smallest absolute Gasteiger partial charge is 0.309 e. The third-order valence-corrected chi connectivity index (χ3v) is 5.55. The molecule has 0 aromatic rings. The lowest BCUT2D eigenvalue weighted by atomic mass is 9.84. The van der Waals surface area contributed by atoms with Gasteiger partial charge in [0.1, 0.15) is 0 Å². The van der Waals surface area contributed by atoms with Crippen molar-refractivity contribution < 1.29 is 13.6 Å². The van der Waals surface area contributed by atoms with Gasteiger partial charge in [0.15, 0.2) is 0 Å². The predicted octanol–water partition coefficient (Wildman–Crippen LogP) is 3.52. The van der Waals surface area contributed by atoms with Crippen molar-refractivity contribution in [3.8, 4) is 0 Å². The van der Waals surface area contributed by atoms with Crippen LogP contribution in [0.3, 0.4) is 0 Å². The highest BCUT2D eigenvalue weighted by molar-refractivity contribution is 7.52. The summed E-state index contributed by atoms with van der Waals surface area (Å²) >= 11 is 0. The molecule has 2 saturated heterocycles. The van der Waals surface area contributed by atoms with E-state index in [1.165, 1.54) is 45.2 Å². The molecule has 4 nitrogen and oxygen atoms in total. The monoisotopic (exact) mass is 289 g/mol. The van der Waals surface area contributed by atoms with Crippen LogP contribution in [0, 0.1) is 5.92 Å². The Morgan fingerprint density at radius 3 is 2.74 bits per heavy atom. The maximum Gasteiger partial charge on any atom is 0.327 e. The van der Waals surface area contributed by atoms with Gasteiger partial charge in [-0.15, -0.1) is 0 Å². The van der Waals surface area contributed by atoms with Gasteiger partial charge in [-0.1, -0.05) is 13.3 Å². The van der Waals surface area contributed by atoms with E-state index in [1.54, 1.807) is 6.66 Å². The molecule has 0 radical (unpaired) electrons. The van der Waals surface area contributed by atoms with Gasteiger partial charge >= 0.3 is 7.60 Å². The van der Waals surface area contributed by atoms with Gasteiger partial charge in [-0.05, 0) is 51.1 Å². The number of nitrogens with zero attached hydrogens (tertiary/aromatic N) is 1. The minimum atomic E-state index is -2.84. The van der Waals surface area contributed by atoms with E-state index in [4.69, 9.17) is 9.05 Å². The highest BCUT2D eigenvalue weighted by atomic mass is 31.2. The first-order valence-electron chi connectivity index (χ1n) is 7.73. The number of piperidine rings is 2. The van der Waals surface area contributed by atoms with Gasteiger partial charge in [0.2, 0.25) is 0 Å². The second-order valence-electron chi connectivity index (χ2n) is 5.90. The van der Waals surface area contributed by atoms with E-state index in [9.17, 15) is 4.57 Å². The molecule has 0 bridgehead atoms. The Labute approximate surface area is 117 Å². The van der Waals surface area contributed by atoms with E-state index in [-0.39, 0.29) is 0 Å². The summed E-state index contributed by atoms with van der Waals surface area (Å²) in [5.41, 5.74) is 0. The molecule has 2 heterocycles. The third-order valence-electron chi connectivity index (χ3n) is 4.28. The standard InChI is InChI=1S/C14H28NO3P/c1-3-11-17-19(2,16)18-12-13-7-6-10-15-9-5-4-8-14(13)15/h13-14H,3-12H2,1-2H3/t13-,14-,19-/m0/s1. The summed E-state index contributed by atoms with van der Waals surface area (Å²) in [5.74, 6) is 0.535. The summed E-state index contributed by atoms with van der Waals surface area (Å²) in [6, 6.07) is 0.647. The minimum absolute atomic E-state index is 0.522. The molecule has 19 heavy (non-hydrogen) atoms. The molecule has 5 heteroatoms. The zero-order valence-corrected chi connectivity index (χ0v) is 13.2. The molecule has 2 aliphatic heterocycles. The molecule has 0 aromatic carbocycles. The molecule has 0 spiro atoms. The lowest BCUT2D eigenvalue weighted by Gasteiger charge is -2.44. The van der Waals surface area contributed by atoms with Gasteiger partial charge in [0.25, 0.3) is 0 Å². The van der Waals surface area contributed by atoms with Crippen molar-refractivity contribution in [2.24, 2.45) is 5.92 Å². The van der Waals surface area contributed by atoms with Crippen LogP contribution in [-0.2, 0) is 13.6 Å². The summed E-state index contributed by atoms with van der Waals surface area (Å²) in [6.45, 7) is 7.20. The van der Waals surface area contributed by atoms with E-state index in [1.807, 2.05) is 6.92 Å². The van der Waals surface area contributed by atoms with Crippen LogP contribution in [0.4, 0.5) is 0 Å². The molecule has 0 N–H and O–H groups in total. The molecule has 0 amide bonds. The largest absolute Gasteiger partial charge is 0.327 e. The van der Waals surface area contributed by atoms with E-state index < -0.39 is 7.60 Å². The summed E-state index contributed by atoms with van der Waals surface area (Å²) < 4.78 is 23.1. The lowest BCUT2D eigenvalue weighted by molar-refractivity contribution is 0.0329. The maximum absolute atomic E-state index is 12.1. The molecule has 112 valence electrons. The van der Waals surface area contributed by atoms with Crippen LogP contribution in [-0.4, -0.2) is 43.9 Å².